The third-order valence-electron chi connectivity index (χ3n) is 2.08. The van der Waals surface area contributed by atoms with Crippen molar-refractivity contribution in [1.29, 1.82) is 0 Å². The van der Waals surface area contributed by atoms with E-state index in [4.69, 9.17) is 16.3 Å². The van der Waals surface area contributed by atoms with Crippen molar-refractivity contribution >= 4 is 23.2 Å². The van der Waals surface area contributed by atoms with Crippen LogP contribution in [0.2, 0.25) is 5.02 Å². The number of hydrogen-bond donors (Lipinski definition) is 1. The summed E-state index contributed by atoms with van der Waals surface area (Å²) in [6, 6.07) is 5.62. The van der Waals surface area contributed by atoms with E-state index in [-0.39, 0.29) is 17.6 Å². The largest absolute Gasteiger partial charge is 0.453 e. The lowest BCUT2D eigenvalue weighted by atomic mass is 10.3. The maximum atomic E-state index is 12.9. The zero-order chi connectivity index (χ0) is 13.7. The van der Waals surface area contributed by atoms with E-state index >= 15 is 0 Å². The van der Waals surface area contributed by atoms with Crippen molar-refractivity contribution in [2.45, 2.75) is 0 Å². The number of anilines is 1. The van der Waals surface area contributed by atoms with Crippen LogP contribution in [0.3, 0.4) is 0 Å². The van der Waals surface area contributed by atoms with Crippen LogP contribution in [-0.4, -0.2) is 22.5 Å². The Labute approximate surface area is 113 Å². The van der Waals surface area contributed by atoms with Crippen molar-refractivity contribution in [3.8, 4) is 6.01 Å². The molecule has 0 unspecified atom stereocenters. The van der Waals surface area contributed by atoms with E-state index in [0.717, 1.165) is 0 Å². The minimum absolute atomic E-state index is 0.0647. The van der Waals surface area contributed by atoms with E-state index in [1.165, 1.54) is 30.6 Å². The predicted molar refractivity (Wildman–Crippen MR) is 67.6 cm³/mol. The molecule has 0 atom stereocenters. The van der Waals surface area contributed by atoms with Gasteiger partial charge in [-0.25, -0.2) is 14.4 Å². The monoisotopic (exact) mass is 281 g/mol. The first-order valence-electron chi connectivity index (χ1n) is 5.30. The summed E-state index contributed by atoms with van der Waals surface area (Å²) in [6.07, 6.45) is 3.00. The van der Waals surface area contributed by atoms with Crippen molar-refractivity contribution in [2.75, 3.05) is 11.9 Å². The predicted octanol–water partition coefficient (Wildman–Crippen LogP) is 2.29. The normalized spacial score (nSPS) is 10.0. The molecule has 1 aromatic heterocycles. The lowest BCUT2D eigenvalue weighted by Crippen LogP contribution is -2.20. The van der Waals surface area contributed by atoms with Crippen LogP contribution in [0.4, 0.5) is 10.1 Å². The molecule has 5 nitrogen and oxygen atoms in total. The van der Waals surface area contributed by atoms with Crippen LogP contribution in [0.15, 0.2) is 36.7 Å². The molecule has 0 radical (unpaired) electrons. The van der Waals surface area contributed by atoms with Crippen LogP contribution in [0.25, 0.3) is 0 Å². The SMILES string of the molecule is O=C(COc1ncccn1)Nc1ccc(F)c(Cl)c1. The Morgan fingerprint density at radius 1 is 1.37 bits per heavy atom. The number of ether oxygens (including phenoxy) is 1. The molecular formula is C12H9ClFN3O2. The van der Waals surface area contributed by atoms with Gasteiger partial charge in [0.2, 0.25) is 0 Å². The Kier molecular flexibility index (Phi) is 4.25. The van der Waals surface area contributed by atoms with Gasteiger partial charge in [0.25, 0.3) is 5.91 Å². The highest BCUT2D eigenvalue weighted by atomic mass is 35.5. The van der Waals surface area contributed by atoms with Crippen LogP contribution >= 0.6 is 11.6 Å². The lowest BCUT2D eigenvalue weighted by molar-refractivity contribution is -0.118. The van der Waals surface area contributed by atoms with E-state index in [1.807, 2.05) is 0 Å². The Balaban J connectivity index is 1.89. The molecule has 0 fully saturated rings. The minimum Gasteiger partial charge on any atom is -0.453 e. The lowest BCUT2D eigenvalue weighted by Gasteiger charge is -2.06. The molecule has 1 aromatic carbocycles. The first-order valence-corrected chi connectivity index (χ1v) is 5.67. The van der Waals surface area contributed by atoms with E-state index < -0.39 is 11.7 Å². The average molecular weight is 282 g/mol. The summed E-state index contributed by atoms with van der Waals surface area (Å²) in [5, 5.41) is 2.44. The molecule has 1 amide bonds. The summed E-state index contributed by atoms with van der Waals surface area (Å²) in [7, 11) is 0. The van der Waals surface area contributed by atoms with Gasteiger partial charge in [-0.1, -0.05) is 11.6 Å². The number of halogens is 2. The van der Waals surface area contributed by atoms with E-state index in [9.17, 15) is 9.18 Å². The van der Waals surface area contributed by atoms with Crippen molar-refractivity contribution in [2.24, 2.45) is 0 Å². The summed E-state index contributed by atoms with van der Waals surface area (Å²) in [5.41, 5.74) is 0.383. The second kappa shape index (κ2) is 6.10. The number of hydrogen-bond acceptors (Lipinski definition) is 4. The molecule has 7 heteroatoms. The van der Waals surface area contributed by atoms with Gasteiger partial charge in [0, 0.05) is 18.1 Å². The van der Waals surface area contributed by atoms with Crippen molar-refractivity contribution < 1.29 is 13.9 Å². The maximum absolute atomic E-state index is 12.9. The van der Waals surface area contributed by atoms with Crippen molar-refractivity contribution in [3.63, 3.8) is 0 Å². The van der Waals surface area contributed by atoms with Gasteiger partial charge in [-0.2, -0.15) is 0 Å². The van der Waals surface area contributed by atoms with Gasteiger partial charge in [-0.15, -0.1) is 0 Å². The number of aromatic nitrogens is 2. The Bertz CT molecular complexity index is 580. The number of nitrogens with zero attached hydrogens (tertiary/aromatic N) is 2. The van der Waals surface area contributed by atoms with Gasteiger partial charge in [0.15, 0.2) is 6.61 Å². The standard InChI is InChI=1S/C12H9ClFN3O2/c13-9-6-8(2-3-10(9)14)17-11(18)7-19-12-15-4-1-5-16-12/h1-6H,7H2,(H,17,18). The fraction of sp³-hybridized carbons (Fsp3) is 0.0833. The number of nitrogens with one attached hydrogen (secondary N) is 1. The van der Waals surface area contributed by atoms with Crippen molar-refractivity contribution in [3.05, 3.63) is 47.5 Å². The molecule has 0 bridgehead atoms. The van der Waals surface area contributed by atoms with Gasteiger partial charge in [-0.3, -0.25) is 4.79 Å². The molecule has 0 aliphatic carbocycles. The molecule has 98 valence electrons. The molecular weight excluding hydrogens is 273 g/mol. The first kappa shape index (κ1) is 13.2. The molecule has 0 aliphatic heterocycles. The van der Waals surface area contributed by atoms with Crippen LogP contribution < -0.4 is 10.1 Å². The Morgan fingerprint density at radius 3 is 2.79 bits per heavy atom. The van der Waals surface area contributed by atoms with Crippen LogP contribution in [-0.2, 0) is 4.79 Å². The molecule has 19 heavy (non-hydrogen) atoms. The van der Waals surface area contributed by atoms with E-state index in [0.29, 0.717) is 5.69 Å². The first-order chi connectivity index (χ1) is 9.15. The Hall–Kier alpha value is -2.21. The number of amides is 1. The molecule has 0 aliphatic rings. The summed E-state index contributed by atoms with van der Waals surface area (Å²) in [6.45, 7) is -0.251. The fourth-order valence-electron chi connectivity index (χ4n) is 1.26. The number of carbonyl (C=O) groups is 1. The zero-order valence-electron chi connectivity index (χ0n) is 9.64. The zero-order valence-corrected chi connectivity index (χ0v) is 10.4. The summed E-state index contributed by atoms with van der Waals surface area (Å²) in [4.78, 5) is 19.2. The second-order valence-electron chi connectivity index (χ2n) is 3.50. The van der Waals surface area contributed by atoms with Crippen LogP contribution in [0.5, 0.6) is 6.01 Å². The van der Waals surface area contributed by atoms with Gasteiger partial charge >= 0.3 is 6.01 Å². The minimum atomic E-state index is -0.548. The van der Waals surface area contributed by atoms with Gasteiger partial charge in [0.05, 0.1) is 5.02 Å². The topological polar surface area (TPSA) is 64.1 Å². The molecule has 0 saturated heterocycles. The summed E-state index contributed by atoms with van der Waals surface area (Å²) < 4.78 is 18.0. The highest BCUT2D eigenvalue weighted by molar-refractivity contribution is 6.31. The third-order valence-corrected chi connectivity index (χ3v) is 2.37. The highest BCUT2D eigenvalue weighted by Crippen LogP contribution is 2.19. The number of rotatable bonds is 4. The summed E-state index contributed by atoms with van der Waals surface area (Å²) in [5.74, 6) is -0.969. The van der Waals surface area contributed by atoms with E-state index in [2.05, 4.69) is 15.3 Å². The van der Waals surface area contributed by atoms with E-state index in [1.54, 1.807) is 6.07 Å². The quantitative estimate of drug-likeness (QED) is 0.934. The number of carbonyl (C=O) groups excluding carboxylic acids is 1. The van der Waals surface area contributed by atoms with Gasteiger partial charge < -0.3 is 10.1 Å². The Morgan fingerprint density at radius 2 is 2.11 bits per heavy atom. The molecule has 2 aromatic rings. The van der Waals surface area contributed by atoms with Crippen LogP contribution in [0.1, 0.15) is 0 Å². The summed E-state index contributed by atoms with van der Waals surface area (Å²) >= 11 is 5.59. The molecule has 1 heterocycles. The smallest absolute Gasteiger partial charge is 0.316 e. The van der Waals surface area contributed by atoms with Crippen LogP contribution in [0, 0.1) is 5.82 Å². The van der Waals surface area contributed by atoms with Gasteiger partial charge in [0.1, 0.15) is 5.82 Å². The van der Waals surface area contributed by atoms with Crippen molar-refractivity contribution in [1.82, 2.24) is 9.97 Å². The highest BCUT2D eigenvalue weighted by Gasteiger charge is 2.06. The fourth-order valence-corrected chi connectivity index (χ4v) is 1.44. The second-order valence-corrected chi connectivity index (χ2v) is 3.90. The molecule has 2 rings (SSSR count). The molecule has 1 N–H and O–H groups in total. The maximum Gasteiger partial charge on any atom is 0.316 e. The molecule has 0 spiro atoms. The molecule has 0 saturated carbocycles. The average Bonchev–Trinajstić information content (AvgIpc) is 2.42. The third kappa shape index (κ3) is 3.89. The number of benzene rings is 1. The van der Waals surface area contributed by atoms with Gasteiger partial charge in [-0.05, 0) is 24.3 Å².